The van der Waals surface area contributed by atoms with Crippen molar-refractivity contribution in [2.24, 2.45) is 5.92 Å². The first-order chi connectivity index (χ1) is 15.0. The number of ether oxygens (including phenoxy) is 1. The molecule has 0 spiro atoms. The molecule has 0 radical (unpaired) electrons. The molecule has 3 aromatic rings. The zero-order chi connectivity index (χ0) is 21.8. The summed E-state index contributed by atoms with van der Waals surface area (Å²) < 4.78 is 8.21. The molecule has 31 heavy (non-hydrogen) atoms. The summed E-state index contributed by atoms with van der Waals surface area (Å²) in [6, 6.07) is 17.4. The predicted molar refractivity (Wildman–Crippen MR) is 124 cm³/mol. The molecule has 6 heteroatoms. The largest absolute Gasteiger partial charge is 0.439 e. The third kappa shape index (κ3) is 5.67. The van der Waals surface area contributed by atoms with Crippen molar-refractivity contribution in [1.29, 1.82) is 0 Å². The molecule has 5 nitrogen and oxygen atoms in total. The average molecular weight is 440 g/mol. The van der Waals surface area contributed by atoms with Crippen LogP contribution in [0.2, 0.25) is 5.02 Å². The van der Waals surface area contributed by atoms with Crippen LogP contribution in [-0.2, 0) is 6.54 Å². The Morgan fingerprint density at radius 2 is 1.97 bits per heavy atom. The first-order valence-corrected chi connectivity index (χ1v) is 11.4. The van der Waals surface area contributed by atoms with E-state index in [9.17, 15) is 5.11 Å². The van der Waals surface area contributed by atoms with E-state index in [4.69, 9.17) is 21.4 Å². The second kappa shape index (κ2) is 9.86. The standard InChI is InChI=1S/C25H30ClN3O2/c1-3-22(30)16-28(15-19-12-13-19)17-24-18(2)27-29(21-9-7-8-20(26)14-21)25(24)31-23-10-5-4-6-11-23/h4-11,14,19,22,30H,3,12-13,15-17H2,1-2H3/t22-/m0/s1. The Morgan fingerprint density at radius 1 is 1.19 bits per heavy atom. The maximum absolute atomic E-state index is 10.3. The van der Waals surface area contributed by atoms with E-state index in [2.05, 4.69) is 4.90 Å². The summed E-state index contributed by atoms with van der Waals surface area (Å²) >= 11 is 6.26. The molecule has 1 heterocycles. The van der Waals surface area contributed by atoms with Crippen molar-refractivity contribution < 1.29 is 9.84 Å². The van der Waals surface area contributed by atoms with Crippen LogP contribution in [0.3, 0.4) is 0 Å². The summed E-state index contributed by atoms with van der Waals surface area (Å²) in [6.07, 6.45) is 2.95. The van der Waals surface area contributed by atoms with E-state index in [-0.39, 0.29) is 6.10 Å². The van der Waals surface area contributed by atoms with Gasteiger partial charge in [0.15, 0.2) is 0 Å². The van der Waals surface area contributed by atoms with Gasteiger partial charge in [0.1, 0.15) is 5.75 Å². The van der Waals surface area contributed by atoms with Gasteiger partial charge in [-0.15, -0.1) is 0 Å². The Labute approximate surface area is 189 Å². The van der Waals surface area contributed by atoms with Crippen molar-refractivity contribution in [3.05, 3.63) is 70.9 Å². The van der Waals surface area contributed by atoms with Crippen LogP contribution in [0.15, 0.2) is 54.6 Å². The maximum Gasteiger partial charge on any atom is 0.227 e. The SMILES string of the molecule is CC[C@H](O)CN(Cc1c(C)nn(-c2cccc(Cl)c2)c1Oc1ccccc1)CC1CC1. The molecule has 0 bridgehead atoms. The lowest BCUT2D eigenvalue weighted by molar-refractivity contribution is 0.102. The first kappa shape index (κ1) is 21.9. The fourth-order valence-electron chi connectivity index (χ4n) is 3.73. The molecule has 1 aliphatic rings. The second-order valence-electron chi connectivity index (χ2n) is 8.38. The van der Waals surface area contributed by atoms with Gasteiger partial charge in [0.05, 0.1) is 23.0 Å². The highest BCUT2D eigenvalue weighted by Gasteiger charge is 2.28. The Morgan fingerprint density at radius 3 is 2.65 bits per heavy atom. The van der Waals surface area contributed by atoms with Crippen LogP contribution in [0.5, 0.6) is 11.6 Å². The van der Waals surface area contributed by atoms with E-state index in [1.165, 1.54) is 12.8 Å². The Bertz CT molecular complexity index is 1000. The van der Waals surface area contributed by atoms with Crippen LogP contribution in [0.1, 0.15) is 37.4 Å². The minimum atomic E-state index is -0.333. The van der Waals surface area contributed by atoms with Crippen molar-refractivity contribution in [2.45, 2.75) is 45.8 Å². The molecule has 1 aliphatic carbocycles. The number of aryl methyl sites for hydroxylation is 1. The van der Waals surface area contributed by atoms with Gasteiger partial charge in [-0.1, -0.05) is 42.8 Å². The number of rotatable bonds is 10. The average Bonchev–Trinajstić information content (AvgIpc) is 3.53. The molecule has 1 atom stereocenters. The van der Waals surface area contributed by atoms with Crippen LogP contribution in [0.4, 0.5) is 0 Å². The molecule has 4 rings (SSSR count). The first-order valence-electron chi connectivity index (χ1n) is 11.0. The number of hydrogen-bond acceptors (Lipinski definition) is 4. The van der Waals surface area contributed by atoms with Crippen molar-refractivity contribution in [1.82, 2.24) is 14.7 Å². The zero-order valence-corrected chi connectivity index (χ0v) is 18.9. The molecule has 0 aliphatic heterocycles. The van der Waals surface area contributed by atoms with E-state index >= 15 is 0 Å². The number of aliphatic hydroxyl groups excluding tert-OH is 1. The van der Waals surface area contributed by atoms with Gasteiger partial charge in [0.2, 0.25) is 5.88 Å². The number of benzene rings is 2. The second-order valence-corrected chi connectivity index (χ2v) is 8.81. The van der Waals surface area contributed by atoms with Gasteiger partial charge in [-0.2, -0.15) is 5.10 Å². The normalized spacial score (nSPS) is 14.7. The highest BCUT2D eigenvalue weighted by Crippen LogP contribution is 2.34. The van der Waals surface area contributed by atoms with E-state index in [1.54, 1.807) is 0 Å². The fraction of sp³-hybridized carbons (Fsp3) is 0.400. The molecule has 0 unspecified atom stereocenters. The van der Waals surface area contributed by atoms with Crippen LogP contribution in [0, 0.1) is 12.8 Å². The molecule has 1 fully saturated rings. The quantitative estimate of drug-likeness (QED) is 0.446. The summed E-state index contributed by atoms with van der Waals surface area (Å²) in [4.78, 5) is 2.34. The number of aliphatic hydroxyl groups is 1. The summed E-state index contributed by atoms with van der Waals surface area (Å²) in [7, 11) is 0. The van der Waals surface area contributed by atoms with Gasteiger partial charge >= 0.3 is 0 Å². The molecule has 1 N–H and O–H groups in total. The Kier molecular flexibility index (Phi) is 6.96. The number of para-hydroxylation sites is 1. The molecule has 2 aromatic carbocycles. The fourth-order valence-corrected chi connectivity index (χ4v) is 3.91. The number of nitrogens with zero attached hydrogens (tertiary/aromatic N) is 3. The lowest BCUT2D eigenvalue weighted by Crippen LogP contribution is -2.33. The summed E-state index contributed by atoms with van der Waals surface area (Å²) in [5, 5.41) is 15.8. The van der Waals surface area contributed by atoms with Crippen LogP contribution >= 0.6 is 11.6 Å². The van der Waals surface area contributed by atoms with Gasteiger partial charge in [0, 0.05) is 24.7 Å². The van der Waals surface area contributed by atoms with Gasteiger partial charge in [-0.3, -0.25) is 4.90 Å². The van der Waals surface area contributed by atoms with Gasteiger partial charge in [-0.05, 0) is 62.4 Å². The van der Waals surface area contributed by atoms with Crippen molar-refractivity contribution in [3.63, 3.8) is 0 Å². The van der Waals surface area contributed by atoms with Crippen molar-refractivity contribution in [2.75, 3.05) is 13.1 Å². The van der Waals surface area contributed by atoms with Crippen molar-refractivity contribution in [3.8, 4) is 17.3 Å². The smallest absolute Gasteiger partial charge is 0.227 e. The number of hydrogen-bond donors (Lipinski definition) is 1. The number of halogens is 1. The number of aromatic nitrogens is 2. The van der Waals surface area contributed by atoms with Gasteiger partial charge in [-0.25, -0.2) is 4.68 Å². The summed E-state index contributed by atoms with van der Waals surface area (Å²) in [5.41, 5.74) is 2.81. The van der Waals surface area contributed by atoms with E-state index < -0.39 is 0 Å². The topological polar surface area (TPSA) is 50.5 Å². The zero-order valence-electron chi connectivity index (χ0n) is 18.2. The van der Waals surface area contributed by atoms with Crippen molar-refractivity contribution >= 4 is 11.6 Å². The van der Waals surface area contributed by atoms with Crippen LogP contribution in [-0.4, -0.2) is 39.0 Å². The van der Waals surface area contributed by atoms with Crippen LogP contribution < -0.4 is 4.74 Å². The minimum absolute atomic E-state index is 0.333. The molecular weight excluding hydrogens is 410 g/mol. The monoisotopic (exact) mass is 439 g/mol. The van der Waals surface area contributed by atoms with Crippen LogP contribution in [0.25, 0.3) is 5.69 Å². The van der Waals surface area contributed by atoms with Gasteiger partial charge < -0.3 is 9.84 Å². The molecule has 1 aromatic heterocycles. The molecule has 0 amide bonds. The van der Waals surface area contributed by atoms with E-state index in [1.807, 2.05) is 73.1 Å². The molecule has 0 saturated heterocycles. The Hall–Kier alpha value is -2.34. The lowest BCUT2D eigenvalue weighted by atomic mass is 10.2. The molecule has 164 valence electrons. The highest BCUT2D eigenvalue weighted by atomic mass is 35.5. The lowest BCUT2D eigenvalue weighted by Gasteiger charge is -2.25. The van der Waals surface area contributed by atoms with Gasteiger partial charge in [0.25, 0.3) is 0 Å². The molecular formula is C25H30ClN3O2. The Balaban J connectivity index is 1.71. The van der Waals surface area contributed by atoms with E-state index in [0.717, 1.165) is 41.6 Å². The van der Waals surface area contributed by atoms with E-state index in [0.29, 0.717) is 24.0 Å². The summed E-state index contributed by atoms with van der Waals surface area (Å²) in [5.74, 6) is 2.18. The third-order valence-corrected chi connectivity index (χ3v) is 5.92. The predicted octanol–water partition coefficient (Wildman–Crippen LogP) is 5.61. The molecule has 1 saturated carbocycles. The third-order valence-electron chi connectivity index (χ3n) is 5.68. The highest BCUT2D eigenvalue weighted by molar-refractivity contribution is 6.30. The minimum Gasteiger partial charge on any atom is -0.439 e. The maximum atomic E-state index is 10.3. The summed E-state index contributed by atoms with van der Waals surface area (Å²) in [6.45, 7) is 6.36.